The van der Waals surface area contributed by atoms with Crippen molar-refractivity contribution in [2.75, 3.05) is 6.54 Å². The van der Waals surface area contributed by atoms with E-state index < -0.39 is 22.0 Å². The Morgan fingerprint density at radius 2 is 2.32 bits per heavy atom. The SMILES string of the molecule is O=C(O)CC1CCCCN1S(=O)(=O)Cc1ccon1. The van der Waals surface area contributed by atoms with Crippen LogP contribution in [0, 0.1) is 0 Å². The highest BCUT2D eigenvalue weighted by Crippen LogP contribution is 2.24. The van der Waals surface area contributed by atoms with E-state index in [1.807, 2.05) is 0 Å². The number of carboxylic acids is 1. The summed E-state index contributed by atoms with van der Waals surface area (Å²) in [5.41, 5.74) is 0.333. The molecule has 1 unspecified atom stereocenters. The van der Waals surface area contributed by atoms with Gasteiger partial charge in [-0.2, -0.15) is 4.31 Å². The van der Waals surface area contributed by atoms with E-state index in [-0.39, 0.29) is 12.2 Å². The van der Waals surface area contributed by atoms with Crippen LogP contribution in [0.2, 0.25) is 0 Å². The molecule has 7 nitrogen and oxygen atoms in total. The third-order valence-electron chi connectivity index (χ3n) is 3.16. The second kappa shape index (κ2) is 5.70. The zero-order valence-electron chi connectivity index (χ0n) is 10.4. The summed E-state index contributed by atoms with van der Waals surface area (Å²) in [7, 11) is -3.55. The summed E-state index contributed by atoms with van der Waals surface area (Å²) in [6, 6.07) is 1.04. The molecule has 1 saturated heterocycles. The number of nitrogens with zero attached hydrogens (tertiary/aromatic N) is 2. The van der Waals surface area contributed by atoms with Crippen molar-refractivity contribution in [3.8, 4) is 0 Å². The minimum atomic E-state index is -3.55. The van der Waals surface area contributed by atoms with Crippen molar-refractivity contribution in [2.24, 2.45) is 0 Å². The molecule has 1 N–H and O–H groups in total. The van der Waals surface area contributed by atoms with Crippen LogP contribution in [0.1, 0.15) is 31.4 Å². The van der Waals surface area contributed by atoms with Crippen LogP contribution >= 0.6 is 0 Å². The van der Waals surface area contributed by atoms with Gasteiger partial charge in [0.1, 0.15) is 12.0 Å². The average molecular weight is 288 g/mol. The van der Waals surface area contributed by atoms with Crippen molar-refractivity contribution in [3.63, 3.8) is 0 Å². The van der Waals surface area contributed by atoms with E-state index >= 15 is 0 Å². The summed E-state index contributed by atoms with van der Waals surface area (Å²) in [6.07, 6.45) is 3.36. The molecule has 1 aliphatic heterocycles. The lowest BCUT2D eigenvalue weighted by molar-refractivity contribution is -0.138. The van der Waals surface area contributed by atoms with E-state index in [4.69, 9.17) is 5.11 Å². The molecule has 1 aromatic heterocycles. The Kier molecular flexibility index (Phi) is 4.20. The molecule has 0 spiro atoms. The van der Waals surface area contributed by atoms with Crippen molar-refractivity contribution in [1.29, 1.82) is 0 Å². The van der Waals surface area contributed by atoms with Crippen LogP contribution in [-0.2, 0) is 20.6 Å². The van der Waals surface area contributed by atoms with Crippen LogP contribution in [0.5, 0.6) is 0 Å². The maximum Gasteiger partial charge on any atom is 0.304 e. The minimum Gasteiger partial charge on any atom is -0.481 e. The number of aromatic nitrogens is 1. The zero-order chi connectivity index (χ0) is 13.9. The Morgan fingerprint density at radius 3 is 2.95 bits per heavy atom. The number of sulfonamides is 1. The molecule has 1 aliphatic rings. The molecule has 0 saturated carbocycles. The van der Waals surface area contributed by atoms with E-state index in [9.17, 15) is 13.2 Å². The van der Waals surface area contributed by atoms with Crippen molar-refractivity contribution in [1.82, 2.24) is 9.46 Å². The van der Waals surface area contributed by atoms with Gasteiger partial charge in [-0.1, -0.05) is 11.6 Å². The highest BCUT2D eigenvalue weighted by molar-refractivity contribution is 7.88. The first-order chi connectivity index (χ1) is 8.99. The van der Waals surface area contributed by atoms with Gasteiger partial charge in [-0.25, -0.2) is 8.42 Å². The number of carbonyl (C=O) groups is 1. The molecule has 0 amide bonds. The Morgan fingerprint density at radius 1 is 1.53 bits per heavy atom. The second-order valence-electron chi connectivity index (χ2n) is 4.61. The predicted octanol–water partition coefficient (Wildman–Crippen LogP) is 0.834. The fourth-order valence-corrected chi connectivity index (χ4v) is 4.06. The van der Waals surface area contributed by atoms with Crippen molar-refractivity contribution < 1.29 is 22.8 Å². The van der Waals surface area contributed by atoms with E-state index in [0.717, 1.165) is 12.8 Å². The minimum absolute atomic E-state index is 0.155. The molecule has 1 aromatic rings. The van der Waals surface area contributed by atoms with Gasteiger partial charge in [0.15, 0.2) is 0 Å². The van der Waals surface area contributed by atoms with Crippen LogP contribution in [0.4, 0.5) is 0 Å². The summed E-state index contributed by atoms with van der Waals surface area (Å²) >= 11 is 0. The fraction of sp³-hybridized carbons (Fsp3) is 0.636. The number of rotatable bonds is 5. The first-order valence-electron chi connectivity index (χ1n) is 6.09. The molecule has 0 radical (unpaired) electrons. The highest BCUT2D eigenvalue weighted by Gasteiger charge is 2.33. The number of carboxylic acid groups (broad SMARTS) is 1. The molecular weight excluding hydrogens is 272 g/mol. The lowest BCUT2D eigenvalue weighted by Gasteiger charge is -2.33. The molecular formula is C11H16N2O5S. The molecule has 2 heterocycles. The maximum absolute atomic E-state index is 12.3. The van der Waals surface area contributed by atoms with Crippen molar-refractivity contribution >= 4 is 16.0 Å². The molecule has 0 bridgehead atoms. The molecule has 2 rings (SSSR count). The number of hydrogen-bond donors (Lipinski definition) is 1. The summed E-state index contributed by atoms with van der Waals surface area (Å²) < 4.78 is 30.5. The summed E-state index contributed by atoms with van der Waals surface area (Å²) in [4.78, 5) is 10.8. The van der Waals surface area contributed by atoms with Gasteiger partial charge in [0.05, 0.1) is 12.1 Å². The van der Waals surface area contributed by atoms with E-state index in [0.29, 0.717) is 18.7 Å². The third-order valence-corrected chi connectivity index (χ3v) is 5.02. The highest BCUT2D eigenvalue weighted by atomic mass is 32.2. The molecule has 1 atom stereocenters. The summed E-state index contributed by atoms with van der Waals surface area (Å²) in [6.45, 7) is 0.373. The summed E-state index contributed by atoms with van der Waals surface area (Å²) in [5.74, 6) is -1.23. The Labute approximate surface area is 111 Å². The Bertz CT molecular complexity index is 525. The molecule has 8 heteroatoms. The lowest BCUT2D eigenvalue weighted by atomic mass is 10.0. The fourth-order valence-electron chi connectivity index (χ4n) is 2.33. The normalized spacial score (nSPS) is 21.4. The van der Waals surface area contributed by atoms with Gasteiger partial charge >= 0.3 is 5.97 Å². The average Bonchev–Trinajstić information content (AvgIpc) is 2.80. The van der Waals surface area contributed by atoms with E-state index in [2.05, 4.69) is 9.68 Å². The van der Waals surface area contributed by atoms with Crippen LogP contribution in [0.25, 0.3) is 0 Å². The largest absolute Gasteiger partial charge is 0.481 e. The number of hydrogen-bond acceptors (Lipinski definition) is 5. The Balaban J connectivity index is 2.14. The predicted molar refractivity (Wildman–Crippen MR) is 65.7 cm³/mol. The van der Waals surface area contributed by atoms with Crippen molar-refractivity contribution in [2.45, 2.75) is 37.5 Å². The van der Waals surface area contributed by atoms with Crippen LogP contribution in [0.3, 0.4) is 0 Å². The Hall–Kier alpha value is -1.41. The van der Waals surface area contributed by atoms with Gasteiger partial charge in [-0.3, -0.25) is 4.79 Å². The molecule has 0 aliphatic carbocycles. The monoisotopic (exact) mass is 288 g/mol. The topological polar surface area (TPSA) is 101 Å². The van der Waals surface area contributed by atoms with Gasteiger partial charge in [0.25, 0.3) is 0 Å². The van der Waals surface area contributed by atoms with E-state index in [1.54, 1.807) is 0 Å². The van der Waals surface area contributed by atoms with Crippen LogP contribution in [0.15, 0.2) is 16.9 Å². The maximum atomic E-state index is 12.3. The molecule has 19 heavy (non-hydrogen) atoms. The second-order valence-corrected chi connectivity index (χ2v) is 6.53. The van der Waals surface area contributed by atoms with Crippen molar-refractivity contribution in [3.05, 3.63) is 18.0 Å². The quantitative estimate of drug-likeness (QED) is 0.861. The molecule has 0 aromatic carbocycles. The number of piperidine rings is 1. The summed E-state index contributed by atoms with van der Waals surface area (Å²) in [5, 5.41) is 12.4. The first kappa shape index (κ1) is 14.0. The van der Waals surface area contributed by atoms with Crippen LogP contribution in [-0.4, -0.2) is 41.5 Å². The van der Waals surface area contributed by atoms with Crippen LogP contribution < -0.4 is 0 Å². The first-order valence-corrected chi connectivity index (χ1v) is 7.70. The standard InChI is InChI=1S/C11H16N2O5S/c14-11(15)7-10-3-1-2-5-13(10)19(16,17)8-9-4-6-18-12-9/h4,6,10H,1-3,5,7-8H2,(H,14,15). The van der Waals surface area contributed by atoms with Gasteiger partial charge in [0.2, 0.25) is 10.0 Å². The molecule has 1 fully saturated rings. The third kappa shape index (κ3) is 3.54. The van der Waals surface area contributed by atoms with E-state index in [1.165, 1.54) is 16.6 Å². The van der Waals surface area contributed by atoms with Gasteiger partial charge in [-0.15, -0.1) is 0 Å². The zero-order valence-corrected chi connectivity index (χ0v) is 11.2. The van der Waals surface area contributed by atoms with Gasteiger partial charge in [-0.05, 0) is 12.8 Å². The molecule has 106 valence electrons. The van der Waals surface area contributed by atoms with Gasteiger partial charge < -0.3 is 9.63 Å². The smallest absolute Gasteiger partial charge is 0.304 e. The number of aliphatic carboxylic acids is 1. The van der Waals surface area contributed by atoms with Gasteiger partial charge in [0, 0.05) is 18.7 Å². The lowest BCUT2D eigenvalue weighted by Crippen LogP contribution is -2.45.